The highest BCUT2D eigenvalue weighted by atomic mass is 15.5. The quantitative estimate of drug-likeness (QED) is 0.488. The third-order valence-corrected chi connectivity index (χ3v) is 2.63. The van der Waals surface area contributed by atoms with Crippen LogP contribution < -0.4 is 10.4 Å². The normalized spacial score (nSPS) is 10.1. The van der Waals surface area contributed by atoms with Crippen LogP contribution in [0.2, 0.25) is 0 Å². The molecule has 0 amide bonds. The highest BCUT2D eigenvalue weighted by Crippen LogP contribution is 2.11. The molecule has 2 aromatic carbocycles. The molecule has 0 saturated carbocycles. The molecule has 0 bridgehead atoms. The molecule has 0 aromatic heterocycles. The Morgan fingerprint density at radius 1 is 1.00 bits per heavy atom. The lowest BCUT2D eigenvalue weighted by Crippen LogP contribution is -2.40. The third-order valence-electron chi connectivity index (χ3n) is 2.63. The van der Waals surface area contributed by atoms with E-state index in [9.17, 15) is 0 Å². The summed E-state index contributed by atoms with van der Waals surface area (Å²) in [5, 5.41) is 9.60. The molecule has 0 aliphatic heterocycles. The van der Waals surface area contributed by atoms with Gasteiger partial charge in [0.25, 0.3) is 0 Å². The van der Waals surface area contributed by atoms with Gasteiger partial charge < -0.3 is 0 Å². The third kappa shape index (κ3) is 3.18. The maximum Gasteiger partial charge on any atom is 0.112 e. The molecule has 3 heteroatoms. The minimum atomic E-state index is 0.470. The van der Waals surface area contributed by atoms with Crippen LogP contribution in [0.25, 0.3) is 0 Å². The van der Waals surface area contributed by atoms with E-state index >= 15 is 0 Å². The van der Waals surface area contributed by atoms with Crippen LogP contribution in [0.5, 0.6) is 0 Å². The van der Waals surface area contributed by atoms with Crippen LogP contribution in [-0.2, 0) is 6.54 Å². The van der Waals surface area contributed by atoms with Crippen molar-refractivity contribution in [2.75, 3.05) is 5.01 Å². The molecule has 2 aromatic rings. The van der Waals surface area contributed by atoms with Crippen molar-refractivity contribution in [2.45, 2.75) is 13.5 Å². The number of hydrogen-bond acceptors (Lipinski definition) is 2. The number of amidine groups is 1. The summed E-state index contributed by atoms with van der Waals surface area (Å²) in [7, 11) is 0. The fourth-order valence-electron chi connectivity index (χ4n) is 1.75. The van der Waals surface area contributed by atoms with Gasteiger partial charge in [-0.3, -0.25) is 10.4 Å². The van der Waals surface area contributed by atoms with E-state index in [0.717, 1.165) is 5.69 Å². The number of benzene rings is 2. The maximum atomic E-state index is 7.82. The Morgan fingerprint density at radius 3 is 2.11 bits per heavy atom. The molecule has 0 spiro atoms. The lowest BCUT2D eigenvalue weighted by molar-refractivity contribution is 0.718. The molecule has 0 radical (unpaired) electrons. The number of anilines is 1. The summed E-state index contributed by atoms with van der Waals surface area (Å²) in [6.45, 7) is 2.47. The van der Waals surface area contributed by atoms with Crippen LogP contribution in [0.1, 0.15) is 12.5 Å². The predicted molar refractivity (Wildman–Crippen MR) is 75.6 cm³/mol. The molecule has 0 heterocycles. The highest BCUT2D eigenvalue weighted by molar-refractivity contribution is 5.92. The Labute approximate surface area is 108 Å². The summed E-state index contributed by atoms with van der Waals surface area (Å²) in [4.78, 5) is 0. The highest BCUT2D eigenvalue weighted by Gasteiger charge is 2.07. The lowest BCUT2D eigenvalue weighted by Gasteiger charge is -2.24. The van der Waals surface area contributed by atoms with Crippen LogP contribution in [0, 0.1) is 5.41 Å². The van der Waals surface area contributed by atoms with E-state index in [4.69, 9.17) is 5.41 Å². The smallest absolute Gasteiger partial charge is 0.112 e. The summed E-state index contributed by atoms with van der Waals surface area (Å²) in [5.41, 5.74) is 5.43. The van der Waals surface area contributed by atoms with Crippen molar-refractivity contribution < 1.29 is 0 Å². The average molecular weight is 239 g/mol. The first-order chi connectivity index (χ1) is 8.77. The fourth-order valence-corrected chi connectivity index (χ4v) is 1.75. The second kappa shape index (κ2) is 5.98. The summed E-state index contributed by atoms with van der Waals surface area (Å²) < 4.78 is 0. The molecule has 0 aliphatic rings. The van der Waals surface area contributed by atoms with Crippen molar-refractivity contribution in [3.63, 3.8) is 0 Å². The molecule has 0 saturated heterocycles. The van der Waals surface area contributed by atoms with Gasteiger partial charge in [-0.2, -0.15) is 0 Å². The largest absolute Gasteiger partial charge is 0.287 e. The molecule has 0 unspecified atom stereocenters. The molecule has 2 rings (SSSR count). The molecule has 18 heavy (non-hydrogen) atoms. The average Bonchev–Trinajstić information content (AvgIpc) is 2.41. The topological polar surface area (TPSA) is 39.1 Å². The van der Waals surface area contributed by atoms with Gasteiger partial charge in [0.05, 0.1) is 5.69 Å². The number of hydrazine groups is 1. The maximum absolute atomic E-state index is 7.82. The molecule has 92 valence electrons. The van der Waals surface area contributed by atoms with Crippen LogP contribution >= 0.6 is 0 Å². The summed E-state index contributed by atoms with van der Waals surface area (Å²) >= 11 is 0. The van der Waals surface area contributed by atoms with E-state index in [1.54, 1.807) is 11.9 Å². The Kier molecular flexibility index (Phi) is 4.10. The summed E-state index contributed by atoms with van der Waals surface area (Å²) in [5.74, 6) is 0.470. The Morgan fingerprint density at radius 2 is 1.56 bits per heavy atom. The van der Waals surface area contributed by atoms with Crippen LogP contribution in [0.3, 0.4) is 0 Å². The molecular weight excluding hydrogens is 222 g/mol. The number of para-hydroxylation sites is 1. The van der Waals surface area contributed by atoms with Crippen LogP contribution in [-0.4, -0.2) is 5.84 Å². The minimum absolute atomic E-state index is 0.470. The fraction of sp³-hybridized carbons (Fsp3) is 0.133. The molecule has 0 aliphatic carbocycles. The van der Waals surface area contributed by atoms with Gasteiger partial charge in [0, 0.05) is 6.54 Å². The van der Waals surface area contributed by atoms with Crippen molar-refractivity contribution in [1.29, 1.82) is 5.41 Å². The monoisotopic (exact) mass is 239 g/mol. The Balaban J connectivity index is 2.06. The Hall–Kier alpha value is -2.13. The van der Waals surface area contributed by atoms with Crippen LogP contribution in [0.15, 0.2) is 60.7 Å². The number of nitrogens with zero attached hydrogens (tertiary/aromatic N) is 1. The second-order valence-corrected chi connectivity index (χ2v) is 4.08. The van der Waals surface area contributed by atoms with Gasteiger partial charge in [0.15, 0.2) is 0 Å². The van der Waals surface area contributed by atoms with Gasteiger partial charge in [-0.15, -0.1) is 0 Å². The van der Waals surface area contributed by atoms with Gasteiger partial charge in [-0.05, 0) is 24.6 Å². The molecule has 0 fully saturated rings. The van der Waals surface area contributed by atoms with Crippen molar-refractivity contribution in [2.24, 2.45) is 0 Å². The van der Waals surface area contributed by atoms with E-state index in [1.807, 2.05) is 48.5 Å². The Bertz CT molecular complexity index is 494. The van der Waals surface area contributed by atoms with Crippen molar-refractivity contribution >= 4 is 11.5 Å². The SMILES string of the molecule is CC(=N)N(NCc1ccccc1)c1ccccc1. The lowest BCUT2D eigenvalue weighted by atomic mass is 10.2. The molecular formula is C15H17N3. The minimum Gasteiger partial charge on any atom is -0.287 e. The number of rotatable bonds is 4. The van der Waals surface area contributed by atoms with Crippen molar-refractivity contribution in [3.8, 4) is 0 Å². The van der Waals surface area contributed by atoms with Gasteiger partial charge in [0.1, 0.15) is 5.84 Å². The zero-order valence-corrected chi connectivity index (χ0v) is 10.4. The van der Waals surface area contributed by atoms with Gasteiger partial charge in [0.2, 0.25) is 0 Å². The summed E-state index contributed by atoms with van der Waals surface area (Å²) in [6.07, 6.45) is 0. The first kappa shape index (κ1) is 12.3. The first-order valence-electron chi connectivity index (χ1n) is 5.95. The zero-order valence-electron chi connectivity index (χ0n) is 10.4. The van der Waals surface area contributed by atoms with Crippen molar-refractivity contribution in [1.82, 2.24) is 5.43 Å². The number of nitrogens with one attached hydrogen (secondary N) is 2. The number of hydrogen-bond donors (Lipinski definition) is 2. The van der Waals surface area contributed by atoms with Crippen LogP contribution in [0.4, 0.5) is 5.69 Å². The van der Waals surface area contributed by atoms with E-state index in [0.29, 0.717) is 12.4 Å². The zero-order chi connectivity index (χ0) is 12.8. The van der Waals surface area contributed by atoms with Gasteiger partial charge in [-0.1, -0.05) is 48.5 Å². The molecule has 3 nitrogen and oxygen atoms in total. The standard InChI is InChI=1S/C15H17N3/c1-13(16)18(15-10-6-3-7-11-15)17-12-14-8-4-2-5-9-14/h2-11,16-17H,12H2,1H3. The molecule has 2 N–H and O–H groups in total. The summed E-state index contributed by atoms with van der Waals surface area (Å²) in [6, 6.07) is 20.0. The van der Waals surface area contributed by atoms with Crippen molar-refractivity contribution in [3.05, 3.63) is 66.2 Å². The van der Waals surface area contributed by atoms with Gasteiger partial charge in [-0.25, -0.2) is 5.43 Å². The molecule has 0 atom stereocenters. The predicted octanol–water partition coefficient (Wildman–Crippen LogP) is 3.19. The first-order valence-corrected chi connectivity index (χ1v) is 5.95. The van der Waals surface area contributed by atoms with E-state index in [-0.39, 0.29) is 0 Å². The van der Waals surface area contributed by atoms with Gasteiger partial charge >= 0.3 is 0 Å². The van der Waals surface area contributed by atoms with E-state index in [2.05, 4.69) is 17.6 Å². The second-order valence-electron chi connectivity index (χ2n) is 4.08. The van der Waals surface area contributed by atoms with E-state index < -0.39 is 0 Å². The van der Waals surface area contributed by atoms with E-state index in [1.165, 1.54) is 5.56 Å².